The molecule has 0 unspecified atom stereocenters. The third kappa shape index (κ3) is 40.3. The van der Waals surface area contributed by atoms with Gasteiger partial charge >= 0.3 is 29.8 Å². The maximum absolute atomic E-state index is 10.9. The second kappa shape index (κ2) is 25.6. The molecule has 36 heavy (non-hydrogen) atoms. The molecule has 7 N–H and O–H groups in total. The number of ether oxygens (including phenoxy) is 1. The minimum absolute atomic E-state index is 0.132. The van der Waals surface area contributed by atoms with E-state index >= 15 is 0 Å². The predicted molar refractivity (Wildman–Crippen MR) is 125 cm³/mol. The standard InChI is InChI=1S/C10H15NO5.C6H13NO2.C4H2O3.C2H4O2/c12-8(5-6-10(15)16)11-7-3-1-2-4-9(13)14;7-5-3-1-2-4-6(8)9;5-3-1-2-4(6)7-3;1-2(3)4/h5-6H,1-4,7H2,(H,11,12)(H,13,14)(H,15,16);1-5,7H2,(H,8,9);1-2H;1H3,(H,3,4)/b6-5-;;;. The lowest BCUT2D eigenvalue weighted by Gasteiger charge is -2.00. The molecular formula is C22H34N2O12. The Labute approximate surface area is 207 Å². The highest BCUT2D eigenvalue weighted by molar-refractivity contribution is 6.04. The Hall–Kier alpha value is -4.07. The Balaban J connectivity index is -0.000000456. The molecule has 0 spiro atoms. The summed E-state index contributed by atoms with van der Waals surface area (Å²) in [5.74, 6) is -5.16. The van der Waals surface area contributed by atoms with Crippen LogP contribution in [0.3, 0.4) is 0 Å². The van der Waals surface area contributed by atoms with Crippen LogP contribution in [0.4, 0.5) is 0 Å². The van der Waals surface area contributed by atoms with Crippen LogP contribution in [-0.4, -0.2) is 75.2 Å². The summed E-state index contributed by atoms with van der Waals surface area (Å²) in [4.78, 5) is 69.9. The Morgan fingerprint density at radius 2 is 1.25 bits per heavy atom. The summed E-state index contributed by atoms with van der Waals surface area (Å²) in [6, 6.07) is 0. The lowest BCUT2D eigenvalue weighted by molar-refractivity contribution is -0.150. The number of unbranched alkanes of at least 4 members (excludes halogenated alkanes) is 4. The maximum Gasteiger partial charge on any atom is 0.338 e. The molecule has 0 saturated heterocycles. The molecule has 0 aromatic carbocycles. The number of rotatable bonds is 13. The lowest BCUT2D eigenvalue weighted by atomic mass is 10.2. The summed E-state index contributed by atoms with van der Waals surface area (Å²) in [5, 5.41) is 34.7. The Bertz CT molecular complexity index is 755. The number of hydrogen-bond acceptors (Lipinski definition) is 9. The molecule has 0 aromatic rings. The molecule has 0 fully saturated rings. The highest BCUT2D eigenvalue weighted by atomic mass is 16.6. The van der Waals surface area contributed by atoms with E-state index in [0.29, 0.717) is 25.9 Å². The largest absolute Gasteiger partial charge is 0.481 e. The van der Waals surface area contributed by atoms with Gasteiger partial charge in [-0.3, -0.25) is 19.2 Å². The van der Waals surface area contributed by atoms with Crippen LogP contribution in [0.2, 0.25) is 0 Å². The molecule has 1 amide bonds. The summed E-state index contributed by atoms with van der Waals surface area (Å²) < 4.78 is 3.97. The predicted octanol–water partition coefficient (Wildman–Crippen LogP) is 0.695. The van der Waals surface area contributed by atoms with E-state index < -0.39 is 41.7 Å². The van der Waals surface area contributed by atoms with Crippen LogP contribution in [0.15, 0.2) is 24.3 Å². The SMILES string of the molecule is CC(=O)O.NCCCCCC(=O)O.O=C(O)/C=C\C(=O)NCCCCCC(=O)O.O=C1C=CC(=O)O1. The Morgan fingerprint density at radius 1 is 0.806 bits per heavy atom. The molecule has 14 nitrogen and oxygen atoms in total. The number of hydrogen-bond donors (Lipinski definition) is 6. The van der Waals surface area contributed by atoms with E-state index in [1.165, 1.54) is 0 Å². The van der Waals surface area contributed by atoms with E-state index in [4.69, 9.17) is 31.0 Å². The molecule has 0 saturated carbocycles. The molecule has 0 aliphatic carbocycles. The molecule has 1 heterocycles. The van der Waals surface area contributed by atoms with Crippen molar-refractivity contribution in [3.63, 3.8) is 0 Å². The molecule has 1 aliphatic heterocycles. The van der Waals surface area contributed by atoms with Crippen LogP contribution in [0.1, 0.15) is 58.3 Å². The van der Waals surface area contributed by atoms with Gasteiger partial charge in [0.1, 0.15) is 0 Å². The van der Waals surface area contributed by atoms with E-state index in [2.05, 4.69) is 10.1 Å². The van der Waals surface area contributed by atoms with Crippen LogP contribution < -0.4 is 11.1 Å². The number of carboxylic acids is 4. The molecule has 1 rings (SSSR count). The first-order valence-corrected chi connectivity index (χ1v) is 10.8. The lowest BCUT2D eigenvalue weighted by Crippen LogP contribution is -2.22. The van der Waals surface area contributed by atoms with Crippen molar-refractivity contribution in [3.8, 4) is 0 Å². The van der Waals surface area contributed by atoms with E-state index in [1.807, 2.05) is 0 Å². The van der Waals surface area contributed by atoms with Gasteiger partial charge in [0.2, 0.25) is 5.91 Å². The minimum atomic E-state index is -1.17. The van der Waals surface area contributed by atoms with Gasteiger partial charge in [-0.2, -0.15) is 0 Å². The topological polar surface area (TPSA) is 248 Å². The zero-order chi connectivity index (χ0) is 28.4. The highest BCUT2D eigenvalue weighted by Crippen LogP contribution is 1.98. The number of esters is 2. The monoisotopic (exact) mass is 518 g/mol. The fourth-order valence-corrected chi connectivity index (χ4v) is 1.90. The first kappa shape index (κ1) is 36.5. The number of amides is 1. The first-order valence-electron chi connectivity index (χ1n) is 10.8. The molecule has 1 aliphatic rings. The normalized spacial score (nSPS) is 11.1. The van der Waals surface area contributed by atoms with Crippen LogP contribution >= 0.6 is 0 Å². The van der Waals surface area contributed by atoms with Gasteiger partial charge in [0.25, 0.3) is 5.97 Å². The number of nitrogens with two attached hydrogens (primary N) is 1. The summed E-state index contributed by atoms with van der Waals surface area (Å²) >= 11 is 0. The van der Waals surface area contributed by atoms with E-state index in [1.54, 1.807) is 0 Å². The molecular weight excluding hydrogens is 484 g/mol. The fraction of sp³-hybridized carbons (Fsp3) is 0.500. The van der Waals surface area contributed by atoms with Gasteiger partial charge < -0.3 is 36.2 Å². The second-order valence-electron chi connectivity index (χ2n) is 6.75. The fourth-order valence-electron chi connectivity index (χ4n) is 1.90. The minimum Gasteiger partial charge on any atom is -0.481 e. The number of aliphatic carboxylic acids is 4. The van der Waals surface area contributed by atoms with Gasteiger partial charge in [0, 0.05) is 50.6 Å². The highest BCUT2D eigenvalue weighted by Gasteiger charge is 2.10. The van der Waals surface area contributed by atoms with Gasteiger partial charge in [0.15, 0.2) is 0 Å². The summed E-state index contributed by atoms with van der Waals surface area (Å²) in [6.07, 6.45) is 8.89. The molecule has 0 radical (unpaired) electrons. The molecule has 204 valence electrons. The van der Waals surface area contributed by atoms with Gasteiger partial charge in [-0.1, -0.05) is 12.8 Å². The maximum atomic E-state index is 10.9. The van der Waals surface area contributed by atoms with E-state index in [0.717, 1.165) is 56.9 Å². The van der Waals surface area contributed by atoms with Crippen LogP contribution in [0.5, 0.6) is 0 Å². The van der Waals surface area contributed by atoms with Crippen molar-refractivity contribution in [3.05, 3.63) is 24.3 Å². The zero-order valence-corrected chi connectivity index (χ0v) is 20.0. The average molecular weight is 519 g/mol. The van der Waals surface area contributed by atoms with E-state index in [-0.39, 0.29) is 12.8 Å². The van der Waals surface area contributed by atoms with Crippen molar-refractivity contribution in [2.45, 2.75) is 58.3 Å². The molecule has 0 atom stereocenters. The van der Waals surface area contributed by atoms with Crippen molar-refractivity contribution < 1.29 is 58.7 Å². The number of carboxylic acid groups (broad SMARTS) is 4. The third-order valence-electron chi connectivity index (χ3n) is 3.40. The van der Waals surface area contributed by atoms with Crippen molar-refractivity contribution >= 4 is 41.7 Å². The van der Waals surface area contributed by atoms with Crippen LogP contribution in [0.25, 0.3) is 0 Å². The van der Waals surface area contributed by atoms with Crippen molar-refractivity contribution in [2.75, 3.05) is 13.1 Å². The van der Waals surface area contributed by atoms with Gasteiger partial charge in [-0.05, 0) is 32.2 Å². The number of carbonyl (C=O) groups excluding carboxylic acids is 3. The van der Waals surface area contributed by atoms with Crippen molar-refractivity contribution in [2.24, 2.45) is 5.73 Å². The number of nitrogens with one attached hydrogen (secondary N) is 1. The van der Waals surface area contributed by atoms with Gasteiger partial charge in [-0.25, -0.2) is 14.4 Å². The quantitative estimate of drug-likeness (QED) is 0.0851. The van der Waals surface area contributed by atoms with Gasteiger partial charge in [0.05, 0.1) is 0 Å². The number of carbonyl (C=O) groups is 7. The molecule has 0 bridgehead atoms. The van der Waals surface area contributed by atoms with Crippen LogP contribution in [0, 0.1) is 0 Å². The first-order chi connectivity index (χ1) is 16.8. The second-order valence-corrected chi connectivity index (χ2v) is 6.75. The van der Waals surface area contributed by atoms with Gasteiger partial charge in [-0.15, -0.1) is 0 Å². The van der Waals surface area contributed by atoms with Crippen molar-refractivity contribution in [1.29, 1.82) is 0 Å². The van der Waals surface area contributed by atoms with E-state index in [9.17, 15) is 28.8 Å². The molecule has 0 aromatic heterocycles. The smallest absolute Gasteiger partial charge is 0.338 e. The average Bonchev–Trinajstić information content (AvgIpc) is 3.15. The summed E-state index contributed by atoms with van der Waals surface area (Å²) in [7, 11) is 0. The summed E-state index contributed by atoms with van der Waals surface area (Å²) in [6.45, 7) is 2.17. The Kier molecular flexibility index (Phi) is 25.9. The third-order valence-corrected chi connectivity index (χ3v) is 3.40. The number of cyclic esters (lactones) is 2. The molecule has 14 heteroatoms. The van der Waals surface area contributed by atoms with Crippen LogP contribution in [-0.2, 0) is 38.3 Å². The van der Waals surface area contributed by atoms with Crippen molar-refractivity contribution in [1.82, 2.24) is 5.32 Å². The Morgan fingerprint density at radius 3 is 1.58 bits per heavy atom. The summed E-state index contributed by atoms with van der Waals surface area (Å²) in [5.41, 5.74) is 5.20. The zero-order valence-electron chi connectivity index (χ0n) is 20.0.